The van der Waals surface area contributed by atoms with E-state index in [0.717, 1.165) is 22.0 Å². The minimum absolute atomic E-state index is 0.382. The summed E-state index contributed by atoms with van der Waals surface area (Å²) in [6.07, 6.45) is 0. The van der Waals surface area contributed by atoms with Crippen LogP contribution in [0.5, 0.6) is 11.5 Å². The Kier molecular flexibility index (Phi) is 5.22. The third-order valence-electron chi connectivity index (χ3n) is 3.05. The number of ether oxygens (including phenoxy) is 2. The molecule has 0 amide bonds. The average Bonchev–Trinajstić information content (AvgIpc) is 2.50. The molecule has 0 aliphatic carbocycles. The summed E-state index contributed by atoms with van der Waals surface area (Å²) >= 11 is 0. The lowest BCUT2D eigenvalue weighted by Gasteiger charge is -2.09. The zero-order chi connectivity index (χ0) is 15.2. The second-order valence-corrected chi connectivity index (χ2v) is 6.14. The Labute approximate surface area is 127 Å². The van der Waals surface area contributed by atoms with Gasteiger partial charge in [0.15, 0.2) is 0 Å². The molecule has 0 radical (unpaired) electrons. The van der Waals surface area contributed by atoms with E-state index in [1.165, 1.54) is 0 Å². The van der Waals surface area contributed by atoms with Crippen LogP contribution in [0.15, 0.2) is 47.4 Å². The van der Waals surface area contributed by atoms with Gasteiger partial charge in [0.25, 0.3) is 0 Å². The molecule has 0 saturated carbocycles. The van der Waals surface area contributed by atoms with E-state index in [1.807, 2.05) is 43.3 Å². The average molecular weight is 305 g/mol. The third-order valence-corrected chi connectivity index (χ3v) is 4.52. The van der Waals surface area contributed by atoms with Crippen LogP contribution in [0.3, 0.4) is 0 Å². The maximum absolute atomic E-state index is 12.3. The van der Waals surface area contributed by atoms with Gasteiger partial charge in [-0.3, -0.25) is 4.21 Å². The highest BCUT2D eigenvalue weighted by Crippen LogP contribution is 2.19. The molecular formula is C16H19NO3S. The first-order valence-electron chi connectivity index (χ1n) is 6.61. The van der Waals surface area contributed by atoms with Gasteiger partial charge in [0.2, 0.25) is 0 Å². The highest BCUT2D eigenvalue weighted by atomic mass is 32.2. The van der Waals surface area contributed by atoms with E-state index in [2.05, 4.69) is 0 Å². The number of methoxy groups -OCH3 is 1. The predicted octanol–water partition coefficient (Wildman–Crippen LogP) is 2.77. The second-order valence-electron chi connectivity index (χ2n) is 4.60. The van der Waals surface area contributed by atoms with Gasteiger partial charge in [0.05, 0.1) is 23.7 Å². The van der Waals surface area contributed by atoms with Crippen molar-refractivity contribution in [3.63, 3.8) is 0 Å². The van der Waals surface area contributed by atoms with Crippen LogP contribution in [-0.4, -0.2) is 23.7 Å². The maximum Gasteiger partial charge on any atom is 0.119 e. The summed E-state index contributed by atoms with van der Waals surface area (Å²) in [4.78, 5) is 0.772. The summed E-state index contributed by atoms with van der Waals surface area (Å²) in [5, 5.41) is 0. The largest absolute Gasteiger partial charge is 0.497 e. The van der Waals surface area contributed by atoms with Gasteiger partial charge < -0.3 is 15.2 Å². The summed E-state index contributed by atoms with van der Waals surface area (Å²) in [6.45, 7) is 2.31. The molecule has 0 aliphatic rings. The Morgan fingerprint density at radius 2 is 1.76 bits per heavy atom. The van der Waals surface area contributed by atoms with E-state index in [-0.39, 0.29) is 0 Å². The molecule has 0 bridgehead atoms. The minimum atomic E-state index is -1.11. The smallest absolute Gasteiger partial charge is 0.119 e. The van der Waals surface area contributed by atoms with E-state index in [9.17, 15) is 4.21 Å². The molecule has 112 valence electrons. The first-order chi connectivity index (χ1) is 10.1. The van der Waals surface area contributed by atoms with E-state index < -0.39 is 10.8 Å². The van der Waals surface area contributed by atoms with Crippen molar-refractivity contribution in [1.82, 2.24) is 0 Å². The number of hydrogen-bond donors (Lipinski definition) is 1. The van der Waals surface area contributed by atoms with Crippen LogP contribution in [0.25, 0.3) is 0 Å². The number of anilines is 1. The Balaban J connectivity index is 1.90. The molecule has 2 N–H and O–H groups in total. The molecule has 0 saturated heterocycles. The molecule has 1 atom stereocenters. The van der Waals surface area contributed by atoms with Crippen molar-refractivity contribution >= 4 is 16.5 Å². The first kappa shape index (κ1) is 15.4. The summed E-state index contributed by atoms with van der Waals surface area (Å²) in [6, 6.07) is 12.8. The molecule has 0 aromatic heterocycles. The number of nitrogens with two attached hydrogens (primary N) is 1. The van der Waals surface area contributed by atoms with Crippen LogP contribution in [0, 0.1) is 6.92 Å². The summed E-state index contributed by atoms with van der Waals surface area (Å²) in [7, 11) is 0.503. The molecule has 1 unspecified atom stereocenters. The van der Waals surface area contributed by atoms with Gasteiger partial charge in [-0.25, -0.2) is 0 Å². The van der Waals surface area contributed by atoms with Crippen molar-refractivity contribution in [3.05, 3.63) is 48.0 Å². The lowest BCUT2D eigenvalue weighted by Crippen LogP contribution is -2.10. The number of aryl methyl sites for hydroxylation is 1. The van der Waals surface area contributed by atoms with Gasteiger partial charge in [-0.15, -0.1) is 0 Å². The SMILES string of the molecule is COc1ccc(OCCS(=O)c2cc(N)ccc2C)cc1. The van der Waals surface area contributed by atoms with Crippen molar-refractivity contribution in [1.29, 1.82) is 0 Å². The van der Waals surface area contributed by atoms with E-state index in [4.69, 9.17) is 15.2 Å². The number of nitrogen functional groups attached to an aromatic ring is 1. The van der Waals surface area contributed by atoms with Crippen LogP contribution < -0.4 is 15.2 Å². The molecule has 5 heteroatoms. The third kappa shape index (κ3) is 4.23. The van der Waals surface area contributed by atoms with Gasteiger partial charge in [0.1, 0.15) is 18.1 Å². The van der Waals surface area contributed by atoms with Gasteiger partial charge >= 0.3 is 0 Å². The van der Waals surface area contributed by atoms with Crippen LogP contribution >= 0.6 is 0 Å². The molecular weight excluding hydrogens is 286 g/mol. The molecule has 4 nitrogen and oxygen atoms in total. The van der Waals surface area contributed by atoms with Crippen LogP contribution in [0.1, 0.15) is 5.56 Å². The molecule has 21 heavy (non-hydrogen) atoms. The fraction of sp³-hybridized carbons (Fsp3) is 0.250. The van der Waals surface area contributed by atoms with Gasteiger partial charge in [-0.05, 0) is 48.9 Å². The molecule has 2 aromatic carbocycles. The van der Waals surface area contributed by atoms with Crippen LogP contribution in [0.4, 0.5) is 5.69 Å². The summed E-state index contributed by atoms with van der Waals surface area (Å²) < 4.78 is 22.9. The van der Waals surface area contributed by atoms with Crippen molar-refractivity contribution in [2.24, 2.45) is 0 Å². The van der Waals surface area contributed by atoms with Crippen molar-refractivity contribution in [3.8, 4) is 11.5 Å². The molecule has 2 rings (SSSR count). The Morgan fingerprint density at radius 3 is 2.43 bits per heavy atom. The van der Waals surface area contributed by atoms with Crippen LogP contribution in [0.2, 0.25) is 0 Å². The second kappa shape index (κ2) is 7.13. The van der Waals surface area contributed by atoms with E-state index in [1.54, 1.807) is 13.2 Å². The zero-order valence-electron chi connectivity index (χ0n) is 12.2. The molecule has 0 spiro atoms. The van der Waals surface area contributed by atoms with Gasteiger partial charge in [-0.1, -0.05) is 6.07 Å². The number of hydrogen-bond acceptors (Lipinski definition) is 4. The summed E-state index contributed by atoms with van der Waals surface area (Å²) in [5.41, 5.74) is 7.34. The Hall–Kier alpha value is -2.01. The normalized spacial score (nSPS) is 11.9. The van der Waals surface area contributed by atoms with Gasteiger partial charge in [-0.2, -0.15) is 0 Å². The fourth-order valence-corrected chi connectivity index (χ4v) is 3.03. The minimum Gasteiger partial charge on any atom is -0.497 e. The highest BCUT2D eigenvalue weighted by molar-refractivity contribution is 7.85. The monoisotopic (exact) mass is 305 g/mol. The predicted molar refractivity (Wildman–Crippen MR) is 85.4 cm³/mol. The first-order valence-corrected chi connectivity index (χ1v) is 7.93. The van der Waals surface area contributed by atoms with Gasteiger partial charge in [0, 0.05) is 10.6 Å². The Bertz CT molecular complexity index is 626. The van der Waals surface area contributed by atoms with Crippen molar-refractivity contribution in [2.75, 3.05) is 25.2 Å². The zero-order valence-corrected chi connectivity index (χ0v) is 13.0. The number of rotatable bonds is 6. The van der Waals surface area contributed by atoms with Crippen molar-refractivity contribution < 1.29 is 13.7 Å². The van der Waals surface area contributed by atoms with E-state index >= 15 is 0 Å². The quantitative estimate of drug-likeness (QED) is 0.834. The standard InChI is InChI=1S/C16H19NO3S/c1-12-3-4-13(17)11-16(12)21(18)10-9-20-15-7-5-14(19-2)6-8-15/h3-8,11H,9-10,17H2,1-2H3. The molecule has 0 heterocycles. The maximum atomic E-state index is 12.3. The molecule has 0 fully saturated rings. The van der Waals surface area contributed by atoms with Crippen LogP contribution in [-0.2, 0) is 10.8 Å². The molecule has 2 aromatic rings. The number of benzene rings is 2. The summed E-state index contributed by atoms with van der Waals surface area (Å²) in [5.74, 6) is 1.94. The van der Waals surface area contributed by atoms with E-state index in [0.29, 0.717) is 18.0 Å². The highest BCUT2D eigenvalue weighted by Gasteiger charge is 2.08. The fourth-order valence-electron chi connectivity index (χ4n) is 1.88. The Morgan fingerprint density at radius 1 is 1.10 bits per heavy atom. The lowest BCUT2D eigenvalue weighted by atomic mass is 10.2. The topological polar surface area (TPSA) is 61.5 Å². The van der Waals surface area contributed by atoms with Crippen molar-refractivity contribution in [2.45, 2.75) is 11.8 Å². The molecule has 0 aliphatic heterocycles. The lowest BCUT2D eigenvalue weighted by molar-refractivity contribution is 0.341.